The van der Waals surface area contributed by atoms with Crippen LogP contribution in [0.25, 0.3) is 10.8 Å². The molecule has 1 heterocycles. The predicted molar refractivity (Wildman–Crippen MR) is 110 cm³/mol. The van der Waals surface area contributed by atoms with E-state index < -0.39 is 0 Å². The van der Waals surface area contributed by atoms with Gasteiger partial charge in [-0.15, -0.1) is 0 Å². The van der Waals surface area contributed by atoms with Crippen molar-refractivity contribution in [3.05, 3.63) is 72.1 Å². The van der Waals surface area contributed by atoms with E-state index >= 15 is 0 Å². The quantitative estimate of drug-likeness (QED) is 0.583. The Hall–Kier alpha value is -2.54. The third-order valence-corrected chi connectivity index (χ3v) is 4.52. The van der Waals surface area contributed by atoms with Crippen LogP contribution in [0.5, 0.6) is 0 Å². The number of nitrogens with zero attached hydrogens (tertiary/aromatic N) is 2. The Morgan fingerprint density at radius 3 is 2.58 bits per heavy atom. The van der Waals surface area contributed by atoms with Gasteiger partial charge in [-0.05, 0) is 46.9 Å². The molecule has 0 aliphatic carbocycles. The minimum absolute atomic E-state index is 0.0459. The Bertz CT molecular complexity index is 882. The number of nitrogens with one attached hydrogen (secondary N) is 1. The van der Waals surface area contributed by atoms with E-state index in [0.29, 0.717) is 24.7 Å². The van der Waals surface area contributed by atoms with Crippen molar-refractivity contribution in [3.63, 3.8) is 0 Å². The Kier molecular flexibility index (Phi) is 6.12. The van der Waals surface area contributed by atoms with Gasteiger partial charge in [0.25, 0.3) is 0 Å². The van der Waals surface area contributed by atoms with Crippen molar-refractivity contribution in [1.82, 2.24) is 9.88 Å². The lowest BCUT2D eigenvalue weighted by Gasteiger charge is -2.25. The van der Waals surface area contributed by atoms with Crippen LogP contribution in [0.15, 0.2) is 60.9 Å². The minimum Gasteiger partial charge on any atom is -0.392 e. The number of nitrogens with two attached hydrogens (primary N) is 1. The van der Waals surface area contributed by atoms with Gasteiger partial charge in [0.2, 0.25) is 0 Å². The number of hydrogen-bond donors (Lipinski definition) is 3. The number of hydrogen-bond acceptors (Lipinski definition) is 4. The maximum absolute atomic E-state index is 9.16. The fraction of sp³-hybridized carbons (Fsp3) is 0.200. The van der Waals surface area contributed by atoms with E-state index in [1.807, 2.05) is 53.6 Å². The van der Waals surface area contributed by atoms with E-state index in [0.717, 1.165) is 27.6 Å². The highest BCUT2D eigenvalue weighted by Gasteiger charge is 2.10. The third kappa shape index (κ3) is 4.54. The number of pyridine rings is 1. The van der Waals surface area contributed by atoms with Crippen molar-refractivity contribution in [1.29, 1.82) is 0 Å². The molecule has 4 N–H and O–H groups in total. The molecule has 1 aromatic heterocycles. The molecule has 134 valence electrons. The van der Waals surface area contributed by atoms with Gasteiger partial charge < -0.3 is 21.1 Å². The van der Waals surface area contributed by atoms with Gasteiger partial charge in [-0.1, -0.05) is 30.3 Å². The first-order valence-electron chi connectivity index (χ1n) is 8.48. The summed E-state index contributed by atoms with van der Waals surface area (Å²) >= 11 is 5.60. The molecule has 0 spiro atoms. The lowest BCUT2D eigenvalue weighted by atomic mass is 10.1. The van der Waals surface area contributed by atoms with Crippen LogP contribution in [-0.2, 0) is 13.2 Å². The highest BCUT2D eigenvalue weighted by molar-refractivity contribution is 7.80. The Morgan fingerprint density at radius 1 is 1.08 bits per heavy atom. The molecular formula is C20H22N4OS. The summed E-state index contributed by atoms with van der Waals surface area (Å²) in [6.45, 7) is 1.88. The highest BCUT2D eigenvalue weighted by Crippen LogP contribution is 2.19. The Labute approximate surface area is 158 Å². The number of aliphatic hydroxyl groups excluding tert-OH is 1. The zero-order chi connectivity index (χ0) is 18.4. The van der Waals surface area contributed by atoms with Gasteiger partial charge in [-0.2, -0.15) is 0 Å². The lowest BCUT2D eigenvalue weighted by Crippen LogP contribution is -2.37. The summed E-state index contributed by atoms with van der Waals surface area (Å²) in [5, 5.41) is 15.3. The van der Waals surface area contributed by atoms with Crippen LogP contribution in [-0.4, -0.2) is 33.2 Å². The number of anilines is 1. The first kappa shape index (κ1) is 18.3. The number of thiocarbonyl (C=S) groups is 1. The fourth-order valence-corrected chi connectivity index (χ4v) is 3.02. The van der Waals surface area contributed by atoms with Gasteiger partial charge in [0, 0.05) is 43.1 Å². The first-order valence-corrected chi connectivity index (χ1v) is 8.89. The number of benzene rings is 2. The average molecular weight is 366 g/mol. The summed E-state index contributed by atoms with van der Waals surface area (Å²) in [7, 11) is 0. The Morgan fingerprint density at radius 2 is 1.85 bits per heavy atom. The van der Waals surface area contributed by atoms with Gasteiger partial charge >= 0.3 is 0 Å². The van der Waals surface area contributed by atoms with E-state index in [-0.39, 0.29) is 6.61 Å². The third-order valence-electron chi connectivity index (χ3n) is 4.16. The van der Waals surface area contributed by atoms with E-state index in [9.17, 15) is 0 Å². The molecule has 0 unspecified atom stereocenters. The van der Waals surface area contributed by atoms with E-state index in [2.05, 4.69) is 16.4 Å². The molecule has 2 aromatic carbocycles. The molecule has 6 heteroatoms. The molecule has 0 atom stereocenters. The van der Waals surface area contributed by atoms with E-state index in [4.69, 9.17) is 23.1 Å². The Balaban J connectivity index is 1.72. The SMILES string of the molecule is NCCN(Cc1ccc(CO)cc1)C(=S)Nc1ccc2cnccc2c1. The first-order chi connectivity index (χ1) is 12.7. The van der Waals surface area contributed by atoms with Crippen molar-refractivity contribution in [2.24, 2.45) is 5.73 Å². The number of aromatic nitrogens is 1. The van der Waals surface area contributed by atoms with E-state index in [1.165, 1.54) is 0 Å². The molecule has 3 rings (SSSR count). The maximum atomic E-state index is 9.16. The summed E-state index contributed by atoms with van der Waals surface area (Å²) in [4.78, 5) is 6.17. The average Bonchev–Trinajstić information content (AvgIpc) is 2.68. The predicted octanol–water partition coefficient (Wildman–Crippen LogP) is 2.88. The van der Waals surface area contributed by atoms with Gasteiger partial charge in [-0.25, -0.2) is 0 Å². The van der Waals surface area contributed by atoms with Crippen LogP contribution in [0.3, 0.4) is 0 Å². The number of rotatable bonds is 6. The standard InChI is InChI=1S/C20H22N4OS/c21-8-10-24(13-15-1-3-16(14-25)4-2-15)20(26)23-19-6-5-18-12-22-9-7-17(18)11-19/h1-7,9,11-12,25H,8,10,13-14,21H2,(H,23,26). The second kappa shape index (κ2) is 8.71. The molecule has 0 bridgehead atoms. The van der Waals surface area contributed by atoms with Crippen molar-refractivity contribution in [2.75, 3.05) is 18.4 Å². The molecule has 0 fully saturated rings. The normalized spacial score (nSPS) is 10.7. The van der Waals surface area contributed by atoms with Gasteiger partial charge in [-0.3, -0.25) is 4.98 Å². The van der Waals surface area contributed by atoms with Crippen molar-refractivity contribution in [3.8, 4) is 0 Å². The topological polar surface area (TPSA) is 74.4 Å². The van der Waals surface area contributed by atoms with Crippen molar-refractivity contribution >= 4 is 33.8 Å². The summed E-state index contributed by atoms with van der Waals surface area (Å²) in [5.41, 5.74) is 8.71. The zero-order valence-corrected chi connectivity index (χ0v) is 15.2. The monoisotopic (exact) mass is 366 g/mol. The van der Waals surface area contributed by atoms with Gasteiger partial charge in [0.15, 0.2) is 5.11 Å². The lowest BCUT2D eigenvalue weighted by molar-refractivity contribution is 0.282. The van der Waals surface area contributed by atoms with E-state index in [1.54, 1.807) is 6.20 Å². The van der Waals surface area contributed by atoms with Crippen LogP contribution >= 0.6 is 12.2 Å². The summed E-state index contributed by atoms with van der Waals surface area (Å²) in [6, 6.07) is 15.9. The summed E-state index contributed by atoms with van der Waals surface area (Å²) in [6.07, 6.45) is 3.62. The molecule has 0 amide bonds. The smallest absolute Gasteiger partial charge is 0.173 e. The zero-order valence-electron chi connectivity index (χ0n) is 14.4. The number of aliphatic hydroxyl groups is 1. The minimum atomic E-state index is 0.0459. The van der Waals surface area contributed by atoms with Crippen molar-refractivity contribution < 1.29 is 5.11 Å². The molecule has 26 heavy (non-hydrogen) atoms. The van der Waals surface area contributed by atoms with Gasteiger partial charge in [0.1, 0.15) is 0 Å². The molecule has 0 aliphatic heterocycles. The summed E-state index contributed by atoms with van der Waals surface area (Å²) in [5.74, 6) is 0. The van der Waals surface area contributed by atoms with Crippen molar-refractivity contribution in [2.45, 2.75) is 13.2 Å². The second-order valence-corrected chi connectivity index (χ2v) is 6.44. The molecule has 0 aliphatic rings. The molecule has 0 saturated carbocycles. The fourth-order valence-electron chi connectivity index (χ4n) is 2.74. The molecule has 0 radical (unpaired) electrons. The van der Waals surface area contributed by atoms with Crippen LogP contribution in [0.1, 0.15) is 11.1 Å². The molecular weight excluding hydrogens is 344 g/mol. The molecule has 5 nitrogen and oxygen atoms in total. The summed E-state index contributed by atoms with van der Waals surface area (Å²) < 4.78 is 0. The molecule has 3 aromatic rings. The van der Waals surface area contributed by atoms with Gasteiger partial charge in [0.05, 0.1) is 6.61 Å². The second-order valence-electron chi connectivity index (χ2n) is 6.05. The van der Waals surface area contributed by atoms with Crippen LogP contribution in [0.4, 0.5) is 5.69 Å². The largest absolute Gasteiger partial charge is 0.392 e. The van der Waals surface area contributed by atoms with Crippen LogP contribution in [0, 0.1) is 0 Å². The van der Waals surface area contributed by atoms with Crippen LogP contribution in [0.2, 0.25) is 0 Å². The number of fused-ring (bicyclic) bond motifs is 1. The highest BCUT2D eigenvalue weighted by atomic mass is 32.1. The van der Waals surface area contributed by atoms with Crippen LogP contribution < -0.4 is 11.1 Å². The molecule has 0 saturated heterocycles. The maximum Gasteiger partial charge on any atom is 0.173 e.